The van der Waals surface area contributed by atoms with Gasteiger partial charge < -0.3 is 14.7 Å². The van der Waals surface area contributed by atoms with E-state index in [9.17, 15) is 0 Å². The molecule has 5 heteroatoms. The first-order valence-corrected chi connectivity index (χ1v) is 7.88. The number of guanidine groups is 1. The fourth-order valence-electron chi connectivity index (χ4n) is 2.85. The minimum absolute atomic E-state index is 0.387. The van der Waals surface area contributed by atoms with Gasteiger partial charge in [0.05, 0.1) is 5.69 Å². The van der Waals surface area contributed by atoms with E-state index in [1.165, 1.54) is 12.0 Å². The monoisotopic (exact) mass is 292 g/mol. The molecule has 0 aliphatic carbocycles. The molecule has 1 N–H and O–H groups in total. The molecule has 0 aromatic carbocycles. The molecule has 1 aromatic rings. The molecular weight excluding hydrogens is 264 g/mol. The van der Waals surface area contributed by atoms with Gasteiger partial charge in [0.25, 0.3) is 0 Å². The third-order valence-electron chi connectivity index (χ3n) is 4.12. The van der Waals surface area contributed by atoms with Crippen molar-refractivity contribution in [3.63, 3.8) is 0 Å². The Morgan fingerprint density at radius 1 is 1.43 bits per heavy atom. The van der Waals surface area contributed by atoms with Gasteiger partial charge in [0.15, 0.2) is 5.96 Å². The summed E-state index contributed by atoms with van der Waals surface area (Å²) in [6, 6.07) is 0. The van der Waals surface area contributed by atoms with Gasteiger partial charge in [-0.05, 0) is 39.0 Å². The molecule has 2 heterocycles. The SMILES string of the molecule is CCNC(=NCCc1c(C)noc1C)N1CCC(C)(C)C1. The molecule has 1 fully saturated rings. The third kappa shape index (κ3) is 3.99. The normalized spacial score (nSPS) is 18.3. The Bertz CT molecular complexity index is 485. The van der Waals surface area contributed by atoms with Gasteiger partial charge in [-0.2, -0.15) is 0 Å². The number of aromatic nitrogens is 1. The molecule has 1 saturated heterocycles. The van der Waals surface area contributed by atoms with Gasteiger partial charge in [0, 0.05) is 31.7 Å². The molecule has 0 unspecified atom stereocenters. The number of likely N-dealkylation sites (tertiary alicyclic amines) is 1. The summed E-state index contributed by atoms with van der Waals surface area (Å²) >= 11 is 0. The third-order valence-corrected chi connectivity index (χ3v) is 4.12. The van der Waals surface area contributed by atoms with E-state index in [0.717, 1.165) is 50.0 Å². The molecule has 2 rings (SSSR count). The molecule has 0 atom stereocenters. The van der Waals surface area contributed by atoms with Gasteiger partial charge >= 0.3 is 0 Å². The van der Waals surface area contributed by atoms with Crippen molar-refractivity contribution in [3.05, 3.63) is 17.0 Å². The molecule has 0 bridgehead atoms. The first-order chi connectivity index (χ1) is 9.93. The molecule has 118 valence electrons. The maximum Gasteiger partial charge on any atom is 0.193 e. The van der Waals surface area contributed by atoms with Crippen LogP contribution in [0.25, 0.3) is 0 Å². The van der Waals surface area contributed by atoms with E-state index < -0.39 is 0 Å². The van der Waals surface area contributed by atoms with E-state index in [1.807, 2.05) is 13.8 Å². The highest BCUT2D eigenvalue weighted by Gasteiger charge is 2.30. The highest BCUT2D eigenvalue weighted by molar-refractivity contribution is 5.80. The molecule has 0 radical (unpaired) electrons. The number of hydrogen-bond donors (Lipinski definition) is 1. The molecule has 1 aliphatic heterocycles. The summed E-state index contributed by atoms with van der Waals surface area (Å²) in [6.07, 6.45) is 2.11. The van der Waals surface area contributed by atoms with Crippen molar-refractivity contribution in [2.45, 2.75) is 47.5 Å². The first kappa shape index (κ1) is 15.9. The maximum absolute atomic E-state index is 5.20. The smallest absolute Gasteiger partial charge is 0.193 e. The Balaban J connectivity index is 1.98. The zero-order valence-corrected chi connectivity index (χ0v) is 14.0. The predicted octanol–water partition coefficient (Wildman–Crippen LogP) is 2.53. The van der Waals surface area contributed by atoms with E-state index in [1.54, 1.807) is 0 Å². The highest BCUT2D eigenvalue weighted by Crippen LogP contribution is 2.28. The van der Waals surface area contributed by atoms with Crippen molar-refractivity contribution in [2.24, 2.45) is 10.4 Å². The molecule has 5 nitrogen and oxygen atoms in total. The van der Waals surface area contributed by atoms with Crippen LogP contribution in [0.5, 0.6) is 0 Å². The summed E-state index contributed by atoms with van der Waals surface area (Å²) in [6.45, 7) is 14.5. The summed E-state index contributed by atoms with van der Waals surface area (Å²) in [4.78, 5) is 7.15. The molecule has 21 heavy (non-hydrogen) atoms. The maximum atomic E-state index is 5.20. The van der Waals surface area contributed by atoms with Crippen LogP contribution >= 0.6 is 0 Å². The number of aryl methyl sites for hydroxylation is 2. The average molecular weight is 292 g/mol. The molecule has 0 spiro atoms. The minimum Gasteiger partial charge on any atom is -0.361 e. The minimum atomic E-state index is 0.387. The quantitative estimate of drug-likeness (QED) is 0.684. The van der Waals surface area contributed by atoms with Crippen LogP contribution in [-0.4, -0.2) is 42.2 Å². The number of hydrogen-bond acceptors (Lipinski definition) is 3. The molecule has 1 aromatic heterocycles. The topological polar surface area (TPSA) is 53.7 Å². The van der Waals surface area contributed by atoms with E-state index >= 15 is 0 Å². The van der Waals surface area contributed by atoms with E-state index in [2.05, 4.69) is 36.1 Å². The average Bonchev–Trinajstić information content (AvgIpc) is 2.93. The first-order valence-electron chi connectivity index (χ1n) is 7.88. The second-order valence-corrected chi connectivity index (χ2v) is 6.62. The second-order valence-electron chi connectivity index (χ2n) is 6.62. The van der Waals surface area contributed by atoms with Crippen molar-refractivity contribution in [3.8, 4) is 0 Å². The van der Waals surface area contributed by atoms with Crippen LogP contribution < -0.4 is 5.32 Å². The molecule has 0 saturated carbocycles. The summed E-state index contributed by atoms with van der Waals surface area (Å²) in [5.41, 5.74) is 2.56. The Kier molecular flexibility index (Phi) is 4.91. The Morgan fingerprint density at radius 2 is 2.19 bits per heavy atom. The lowest BCUT2D eigenvalue weighted by atomic mass is 9.93. The summed E-state index contributed by atoms with van der Waals surface area (Å²) in [5.74, 6) is 1.95. The summed E-state index contributed by atoms with van der Waals surface area (Å²) < 4.78 is 5.20. The van der Waals surface area contributed by atoms with Gasteiger partial charge in [-0.1, -0.05) is 19.0 Å². The number of rotatable bonds is 4. The van der Waals surface area contributed by atoms with Gasteiger partial charge in [-0.25, -0.2) is 0 Å². The van der Waals surface area contributed by atoms with Gasteiger partial charge in [-0.15, -0.1) is 0 Å². The fraction of sp³-hybridized carbons (Fsp3) is 0.750. The zero-order chi connectivity index (χ0) is 15.5. The number of aliphatic imine (C=N–C) groups is 1. The van der Waals surface area contributed by atoms with Crippen molar-refractivity contribution < 1.29 is 4.52 Å². The van der Waals surface area contributed by atoms with E-state index in [-0.39, 0.29) is 0 Å². The Hall–Kier alpha value is -1.52. The van der Waals surface area contributed by atoms with Crippen molar-refractivity contribution in [2.75, 3.05) is 26.2 Å². The Morgan fingerprint density at radius 3 is 2.71 bits per heavy atom. The number of nitrogens with zero attached hydrogens (tertiary/aromatic N) is 3. The van der Waals surface area contributed by atoms with Crippen LogP contribution in [-0.2, 0) is 6.42 Å². The van der Waals surface area contributed by atoms with Crippen LogP contribution in [0.2, 0.25) is 0 Å². The van der Waals surface area contributed by atoms with Crippen LogP contribution in [0.1, 0.15) is 44.2 Å². The van der Waals surface area contributed by atoms with E-state index in [4.69, 9.17) is 9.52 Å². The van der Waals surface area contributed by atoms with Gasteiger partial charge in [0.1, 0.15) is 5.76 Å². The molecule has 1 aliphatic rings. The standard InChI is InChI=1S/C16H28N4O/c1-6-17-15(20-10-8-16(4,5)11-20)18-9-7-14-12(2)19-21-13(14)3/h6-11H2,1-5H3,(H,17,18). The van der Waals surface area contributed by atoms with Gasteiger partial charge in [0.2, 0.25) is 0 Å². The predicted molar refractivity (Wildman–Crippen MR) is 85.6 cm³/mol. The zero-order valence-electron chi connectivity index (χ0n) is 14.0. The van der Waals surface area contributed by atoms with Gasteiger partial charge in [-0.3, -0.25) is 4.99 Å². The molecular formula is C16H28N4O. The second kappa shape index (κ2) is 6.50. The lowest BCUT2D eigenvalue weighted by Crippen LogP contribution is -2.40. The summed E-state index contributed by atoms with van der Waals surface area (Å²) in [7, 11) is 0. The molecule has 0 amide bonds. The highest BCUT2D eigenvalue weighted by atomic mass is 16.5. The summed E-state index contributed by atoms with van der Waals surface area (Å²) in [5, 5.41) is 7.41. The van der Waals surface area contributed by atoms with Crippen molar-refractivity contribution in [1.82, 2.24) is 15.4 Å². The van der Waals surface area contributed by atoms with Crippen LogP contribution in [0, 0.1) is 19.3 Å². The lowest BCUT2D eigenvalue weighted by molar-refractivity contribution is 0.370. The fourth-order valence-corrected chi connectivity index (χ4v) is 2.85. The largest absolute Gasteiger partial charge is 0.361 e. The van der Waals surface area contributed by atoms with Crippen LogP contribution in [0.4, 0.5) is 0 Å². The lowest BCUT2D eigenvalue weighted by Gasteiger charge is -2.23. The van der Waals surface area contributed by atoms with Crippen molar-refractivity contribution >= 4 is 5.96 Å². The Labute approximate surface area is 127 Å². The van der Waals surface area contributed by atoms with E-state index in [0.29, 0.717) is 5.41 Å². The van der Waals surface area contributed by atoms with Crippen molar-refractivity contribution in [1.29, 1.82) is 0 Å². The van der Waals surface area contributed by atoms with Crippen LogP contribution in [0.15, 0.2) is 9.52 Å². The number of nitrogens with one attached hydrogen (secondary N) is 1. The van der Waals surface area contributed by atoms with Crippen LogP contribution in [0.3, 0.4) is 0 Å².